The molecule has 22 heavy (non-hydrogen) atoms. The molecule has 0 aromatic carbocycles. The molecule has 0 amide bonds. The van der Waals surface area contributed by atoms with E-state index in [1.807, 2.05) is 13.8 Å². The van der Waals surface area contributed by atoms with E-state index in [4.69, 9.17) is 4.52 Å². The van der Waals surface area contributed by atoms with Crippen LogP contribution in [-0.4, -0.2) is 48.5 Å². The van der Waals surface area contributed by atoms with Crippen molar-refractivity contribution in [1.82, 2.24) is 19.8 Å². The number of rotatable bonds is 3. The van der Waals surface area contributed by atoms with Crippen LogP contribution in [-0.2, 0) is 16.4 Å². The lowest BCUT2D eigenvalue weighted by atomic mass is 10.2. The van der Waals surface area contributed by atoms with E-state index in [0.717, 1.165) is 5.69 Å². The maximum absolute atomic E-state index is 12.7. The number of pyridine rings is 1. The Hall–Kier alpha value is -1.22. The zero-order chi connectivity index (χ0) is 15.0. The summed E-state index contributed by atoms with van der Waals surface area (Å²) in [5.74, 6) is 0. The fraction of sp³-hybridized carbons (Fsp3) is 0.538. The minimum atomic E-state index is -3.53. The number of nitrogens with one attached hydrogen (secondary N) is 1. The van der Waals surface area contributed by atoms with Crippen molar-refractivity contribution in [2.75, 3.05) is 19.6 Å². The van der Waals surface area contributed by atoms with E-state index in [9.17, 15) is 8.42 Å². The van der Waals surface area contributed by atoms with Gasteiger partial charge in [-0.3, -0.25) is 0 Å². The number of hydrogen-bond donors (Lipinski definition) is 1. The Morgan fingerprint density at radius 3 is 2.95 bits per heavy atom. The predicted octanol–water partition coefficient (Wildman–Crippen LogP) is 1.19. The second-order valence-electron chi connectivity index (χ2n) is 5.22. The molecule has 1 atom stereocenters. The van der Waals surface area contributed by atoms with Crippen molar-refractivity contribution in [2.24, 2.45) is 0 Å². The van der Waals surface area contributed by atoms with Crippen molar-refractivity contribution in [2.45, 2.75) is 31.2 Å². The number of fused-ring (bicyclic) bond motifs is 1. The Kier molecular flexibility index (Phi) is 5.06. The van der Waals surface area contributed by atoms with Crippen molar-refractivity contribution in [1.29, 1.82) is 0 Å². The number of nitrogens with zero attached hydrogens (tertiary/aromatic N) is 3. The smallest absolute Gasteiger partial charge is 0.258 e. The number of halogens is 1. The van der Waals surface area contributed by atoms with Crippen LogP contribution in [0.3, 0.4) is 0 Å². The van der Waals surface area contributed by atoms with Crippen LogP contribution in [0, 0.1) is 0 Å². The fourth-order valence-electron chi connectivity index (χ4n) is 2.52. The zero-order valence-corrected chi connectivity index (χ0v) is 14.1. The molecule has 122 valence electrons. The van der Waals surface area contributed by atoms with Gasteiger partial charge in [-0.1, -0.05) is 12.1 Å². The van der Waals surface area contributed by atoms with Crippen molar-refractivity contribution < 1.29 is 12.9 Å². The summed E-state index contributed by atoms with van der Waals surface area (Å²) in [6, 6.07) is 1.76. The van der Waals surface area contributed by atoms with E-state index in [0.29, 0.717) is 37.2 Å². The molecule has 2 aromatic rings. The second kappa shape index (κ2) is 6.49. The highest BCUT2D eigenvalue weighted by Gasteiger charge is 2.29. The standard InChI is InChI=1S/C13H18N4O3S.ClH/c1-3-12-11-6-10(7-15-13(11)20-16-12)21(18,19)17-5-4-14-9(2)8-17;/h6-7,9,14H,3-5,8H2,1-2H3;1H. The van der Waals surface area contributed by atoms with Gasteiger partial charge in [0.2, 0.25) is 10.0 Å². The third-order valence-electron chi connectivity index (χ3n) is 3.68. The summed E-state index contributed by atoms with van der Waals surface area (Å²) in [5, 5.41) is 7.81. The molecule has 0 saturated carbocycles. The van der Waals surface area contributed by atoms with Crippen LogP contribution in [0.2, 0.25) is 0 Å². The van der Waals surface area contributed by atoms with Gasteiger partial charge < -0.3 is 9.84 Å². The summed E-state index contributed by atoms with van der Waals surface area (Å²) < 4.78 is 32.0. The minimum absolute atomic E-state index is 0. The largest absolute Gasteiger partial charge is 0.336 e. The molecule has 1 unspecified atom stereocenters. The first kappa shape index (κ1) is 17.1. The minimum Gasteiger partial charge on any atom is -0.336 e. The summed E-state index contributed by atoms with van der Waals surface area (Å²) in [4.78, 5) is 4.28. The average Bonchev–Trinajstić information content (AvgIpc) is 2.89. The van der Waals surface area contributed by atoms with Crippen LogP contribution in [0.5, 0.6) is 0 Å². The summed E-state index contributed by atoms with van der Waals surface area (Å²) >= 11 is 0. The fourth-order valence-corrected chi connectivity index (χ4v) is 4.02. The average molecular weight is 347 g/mol. The third-order valence-corrected chi connectivity index (χ3v) is 5.51. The van der Waals surface area contributed by atoms with E-state index < -0.39 is 10.0 Å². The Balaban J connectivity index is 0.00000176. The summed E-state index contributed by atoms with van der Waals surface area (Å²) in [7, 11) is -3.53. The normalized spacial score (nSPS) is 20.0. The van der Waals surface area contributed by atoms with Gasteiger partial charge in [-0.05, 0) is 19.4 Å². The summed E-state index contributed by atoms with van der Waals surface area (Å²) in [6.07, 6.45) is 2.01. The van der Waals surface area contributed by atoms with Crippen molar-refractivity contribution in [3.8, 4) is 0 Å². The van der Waals surface area contributed by atoms with E-state index in [1.165, 1.54) is 10.5 Å². The van der Waals surface area contributed by atoms with Crippen LogP contribution >= 0.6 is 12.4 Å². The van der Waals surface area contributed by atoms with E-state index >= 15 is 0 Å². The van der Waals surface area contributed by atoms with Gasteiger partial charge in [-0.25, -0.2) is 13.4 Å². The molecular formula is C13H19ClN4O3S. The summed E-state index contributed by atoms with van der Waals surface area (Å²) in [5.41, 5.74) is 1.10. The van der Waals surface area contributed by atoms with Gasteiger partial charge in [0, 0.05) is 25.7 Å². The van der Waals surface area contributed by atoms with Gasteiger partial charge in [0.25, 0.3) is 5.71 Å². The molecule has 0 radical (unpaired) electrons. The van der Waals surface area contributed by atoms with Crippen LogP contribution in [0.4, 0.5) is 0 Å². The third kappa shape index (κ3) is 2.96. The zero-order valence-electron chi connectivity index (χ0n) is 12.4. The van der Waals surface area contributed by atoms with Crippen LogP contribution in [0.15, 0.2) is 21.7 Å². The molecule has 1 aliphatic rings. The first-order chi connectivity index (χ1) is 10.0. The Morgan fingerprint density at radius 2 is 2.27 bits per heavy atom. The van der Waals surface area contributed by atoms with Crippen LogP contribution < -0.4 is 5.32 Å². The van der Waals surface area contributed by atoms with E-state index in [-0.39, 0.29) is 23.3 Å². The van der Waals surface area contributed by atoms with Gasteiger partial charge in [-0.2, -0.15) is 4.31 Å². The molecule has 0 aliphatic carbocycles. The lowest BCUT2D eigenvalue weighted by Gasteiger charge is -2.30. The highest BCUT2D eigenvalue weighted by molar-refractivity contribution is 7.89. The summed E-state index contributed by atoms with van der Waals surface area (Å²) in [6.45, 7) is 5.50. The topological polar surface area (TPSA) is 88.3 Å². The molecular weight excluding hydrogens is 328 g/mol. The monoisotopic (exact) mass is 346 g/mol. The lowest BCUT2D eigenvalue weighted by Crippen LogP contribution is -2.51. The number of aryl methyl sites for hydroxylation is 1. The maximum atomic E-state index is 12.7. The molecule has 1 fully saturated rings. The van der Waals surface area contributed by atoms with Crippen molar-refractivity contribution >= 4 is 33.5 Å². The first-order valence-electron chi connectivity index (χ1n) is 7.00. The molecule has 1 aliphatic heterocycles. The van der Waals surface area contributed by atoms with Gasteiger partial charge in [0.1, 0.15) is 4.90 Å². The number of sulfonamides is 1. The first-order valence-corrected chi connectivity index (χ1v) is 8.44. The molecule has 1 saturated heterocycles. The second-order valence-corrected chi connectivity index (χ2v) is 7.16. The molecule has 7 nitrogen and oxygen atoms in total. The number of piperazine rings is 1. The Bertz CT molecular complexity index is 762. The van der Waals surface area contributed by atoms with Crippen molar-refractivity contribution in [3.63, 3.8) is 0 Å². The van der Waals surface area contributed by atoms with Crippen LogP contribution in [0.1, 0.15) is 19.5 Å². The highest BCUT2D eigenvalue weighted by Crippen LogP contribution is 2.23. The quantitative estimate of drug-likeness (QED) is 0.898. The van der Waals surface area contributed by atoms with E-state index in [1.54, 1.807) is 6.07 Å². The Labute approximate surface area is 135 Å². The molecule has 0 spiro atoms. The lowest BCUT2D eigenvalue weighted by molar-refractivity contribution is 0.310. The number of hydrogen-bond acceptors (Lipinski definition) is 6. The van der Waals surface area contributed by atoms with Gasteiger partial charge in [0.05, 0.1) is 17.3 Å². The number of aromatic nitrogens is 2. The molecule has 9 heteroatoms. The van der Waals surface area contributed by atoms with Gasteiger partial charge in [-0.15, -0.1) is 12.4 Å². The van der Waals surface area contributed by atoms with E-state index in [2.05, 4.69) is 15.5 Å². The van der Waals surface area contributed by atoms with Gasteiger partial charge in [0.15, 0.2) is 0 Å². The SMILES string of the molecule is CCc1noc2ncc(S(=O)(=O)N3CCNC(C)C3)cc12.Cl. The Morgan fingerprint density at radius 1 is 1.50 bits per heavy atom. The van der Waals surface area contributed by atoms with Crippen molar-refractivity contribution in [3.05, 3.63) is 18.0 Å². The molecule has 0 bridgehead atoms. The van der Waals surface area contributed by atoms with Crippen LogP contribution in [0.25, 0.3) is 11.1 Å². The molecule has 3 heterocycles. The molecule has 2 aromatic heterocycles. The molecule has 3 rings (SSSR count). The highest BCUT2D eigenvalue weighted by atomic mass is 35.5. The molecule has 1 N–H and O–H groups in total. The van der Waals surface area contributed by atoms with Gasteiger partial charge >= 0.3 is 0 Å². The predicted molar refractivity (Wildman–Crippen MR) is 84.7 cm³/mol. The maximum Gasteiger partial charge on any atom is 0.258 e.